The Kier molecular flexibility index (Phi) is 5.80. The summed E-state index contributed by atoms with van der Waals surface area (Å²) >= 11 is 0. The SMILES string of the molecule is NCCc1ccc(OCC(=O)NC2CCCCC2)cn1. The van der Waals surface area contributed by atoms with Crippen molar-refractivity contribution in [3.63, 3.8) is 0 Å². The first kappa shape index (κ1) is 14.8. The molecule has 1 saturated carbocycles. The zero-order valence-electron chi connectivity index (χ0n) is 11.8. The van der Waals surface area contributed by atoms with Gasteiger partial charge in [-0.25, -0.2) is 0 Å². The minimum absolute atomic E-state index is 0.0500. The third kappa shape index (κ3) is 4.81. The lowest BCUT2D eigenvalue weighted by molar-refractivity contribution is -0.124. The maximum Gasteiger partial charge on any atom is 0.258 e. The van der Waals surface area contributed by atoms with Crippen LogP contribution >= 0.6 is 0 Å². The van der Waals surface area contributed by atoms with Crippen LogP contribution in [0, 0.1) is 0 Å². The van der Waals surface area contributed by atoms with E-state index in [1.807, 2.05) is 12.1 Å². The van der Waals surface area contributed by atoms with Gasteiger partial charge in [0.25, 0.3) is 5.91 Å². The molecule has 1 aromatic rings. The van der Waals surface area contributed by atoms with E-state index in [9.17, 15) is 4.79 Å². The quantitative estimate of drug-likeness (QED) is 0.824. The van der Waals surface area contributed by atoms with Crippen LogP contribution in [0.4, 0.5) is 0 Å². The average Bonchev–Trinajstić information content (AvgIpc) is 2.48. The third-order valence-electron chi connectivity index (χ3n) is 3.54. The molecule has 0 aliphatic heterocycles. The van der Waals surface area contributed by atoms with Gasteiger partial charge in [0.2, 0.25) is 0 Å². The van der Waals surface area contributed by atoms with Crippen molar-refractivity contribution >= 4 is 5.91 Å². The molecular formula is C15H23N3O2. The molecule has 1 aliphatic carbocycles. The summed E-state index contributed by atoms with van der Waals surface area (Å²) in [4.78, 5) is 16.0. The Balaban J connectivity index is 1.72. The smallest absolute Gasteiger partial charge is 0.258 e. The standard InChI is InChI=1S/C15H23N3O2/c16-9-8-12-6-7-14(10-17-12)20-11-15(19)18-13-4-2-1-3-5-13/h6-7,10,13H,1-5,8-9,11,16H2,(H,18,19). The summed E-state index contributed by atoms with van der Waals surface area (Å²) < 4.78 is 5.44. The van der Waals surface area contributed by atoms with Crippen LogP contribution < -0.4 is 15.8 Å². The summed E-state index contributed by atoms with van der Waals surface area (Å²) in [5, 5.41) is 3.02. The summed E-state index contributed by atoms with van der Waals surface area (Å²) in [5.74, 6) is 0.563. The lowest BCUT2D eigenvalue weighted by Crippen LogP contribution is -2.38. The molecule has 0 bridgehead atoms. The van der Waals surface area contributed by atoms with Crippen LogP contribution in [0.2, 0.25) is 0 Å². The van der Waals surface area contributed by atoms with Gasteiger partial charge in [-0.1, -0.05) is 19.3 Å². The highest BCUT2D eigenvalue weighted by Gasteiger charge is 2.15. The van der Waals surface area contributed by atoms with Crippen molar-refractivity contribution in [3.8, 4) is 5.75 Å². The third-order valence-corrected chi connectivity index (χ3v) is 3.54. The fraction of sp³-hybridized carbons (Fsp3) is 0.600. The summed E-state index contributed by atoms with van der Waals surface area (Å²) in [6.45, 7) is 0.630. The summed E-state index contributed by atoms with van der Waals surface area (Å²) in [5.41, 5.74) is 6.40. The van der Waals surface area contributed by atoms with Gasteiger partial charge in [-0.15, -0.1) is 0 Å². The van der Waals surface area contributed by atoms with Crippen molar-refractivity contribution in [2.45, 2.75) is 44.6 Å². The van der Waals surface area contributed by atoms with Crippen LogP contribution in [0.25, 0.3) is 0 Å². The molecule has 1 aromatic heterocycles. The molecule has 1 heterocycles. The second-order valence-corrected chi connectivity index (χ2v) is 5.22. The molecule has 5 heteroatoms. The zero-order valence-corrected chi connectivity index (χ0v) is 11.8. The molecule has 0 atom stereocenters. The monoisotopic (exact) mass is 277 g/mol. The summed E-state index contributed by atoms with van der Waals surface area (Å²) in [6, 6.07) is 4.03. The van der Waals surface area contributed by atoms with Gasteiger partial charge in [0, 0.05) is 18.2 Å². The lowest BCUT2D eigenvalue weighted by atomic mass is 9.95. The van der Waals surface area contributed by atoms with Crippen LogP contribution in [-0.2, 0) is 11.2 Å². The van der Waals surface area contributed by atoms with E-state index in [-0.39, 0.29) is 12.5 Å². The van der Waals surface area contributed by atoms with E-state index in [2.05, 4.69) is 10.3 Å². The zero-order chi connectivity index (χ0) is 14.2. The highest BCUT2D eigenvalue weighted by atomic mass is 16.5. The first-order valence-corrected chi connectivity index (χ1v) is 7.35. The Hall–Kier alpha value is -1.62. The highest BCUT2D eigenvalue weighted by molar-refractivity contribution is 5.77. The Morgan fingerprint density at radius 2 is 2.15 bits per heavy atom. The number of hydrogen-bond donors (Lipinski definition) is 2. The van der Waals surface area contributed by atoms with Crippen LogP contribution in [-0.4, -0.2) is 30.1 Å². The first-order chi connectivity index (χ1) is 9.78. The van der Waals surface area contributed by atoms with Crippen molar-refractivity contribution in [1.82, 2.24) is 10.3 Å². The molecule has 2 rings (SSSR count). The summed E-state index contributed by atoms with van der Waals surface area (Å²) in [7, 11) is 0. The van der Waals surface area contributed by atoms with Gasteiger partial charge in [-0.05, 0) is 31.5 Å². The van der Waals surface area contributed by atoms with Crippen LogP contribution in [0.5, 0.6) is 5.75 Å². The Morgan fingerprint density at radius 3 is 2.80 bits per heavy atom. The number of carbonyl (C=O) groups is 1. The van der Waals surface area contributed by atoms with Gasteiger partial charge in [0.05, 0.1) is 6.20 Å². The van der Waals surface area contributed by atoms with E-state index < -0.39 is 0 Å². The maximum absolute atomic E-state index is 11.8. The lowest BCUT2D eigenvalue weighted by Gasteiger charge is -2.22. The predicted molar refractivity (Wildman–Crippen MR) is 77.5 cm³/mol. The Bertz CT molecular complexity index is 414. The molecule has 0 aromatic carbocycles. The van der Waals surface area contributed by atoms with Crippen molar-refractivity contribution in [1.29, 1.82) is 0 Å². The van der Waals surface area contributed by atoms with E-state index in [1.54, 1.807) is 6.20 Å². The largest absolute Gasteiger partial charge is 0.482 e. The summed E-state index contributed by atoms with van der Waals surface area (Å²) in [6.07, 6.45) is 8.25. The molecule has 20 heavy (non-hydrogen) atoms. The van der Waals surface area contributed by atoms with Gasteiger partial charge in [0.15, 0.2) is 6.61 Å². The minimum Gasteiger partial charge on any atom is -0.482 e. The second kappa shape index (κ2) is 7.85. The number of pyridine rings is 1. The average molecular weight is 277 g/mol. The van der Waals surface area contributed by atoms with Gasteiger partial charge >= 0.3 is 0 Å². The molecule has 0 radical (unpaired) electrons. The number of aromatic nitrogens is 1. The van der Waals surface area contributed by atoms with E-state index in [4.69, 9.17) is 10.5 Å². The number of rotatable bonds is 6. The minimum atomic E-state index is -0.0528. The van der Waals surface area contributed by atoms with Gasteiger partial charge in [-0.2, -0.15) is 0 Å². The number of nitrogens with zero attached hydrogens (tertiary/aromatic N) is 1. The number of carbonyl (C=O) groups excluding carboxylic acids is 1. The second-order valence-electron chi connectivity index (χ2n) is 5.22. The van der Waals surface area contributed by atoms with Crippen molar-refractivity contribution in [2.24, 2.45) is 5.73 Å². The molecule has 1 fully saturated rings. The normalized spacial score (nSPS) is 15.8. The van der Waals surface area contributed by atoms with E-state index in [0.717, 1.165) is 25.0 Å². The van der Waals surface area contributed by atoms with E-state index in [0.29, 0.717) is 18.3 Å². The van der Waals surface area contributed by atoms with Crippen LogP contribution in [0.15, 0.2) is 18.3 Å². The number of hydrogen-bond acceptors (Lipinski definition) is 4. The maximum atomic E-state index is 11.8. The molecule has 0 unspecified atom stereocenters. The van der Waals surface area contributed by atoms with Crippen LogP contribution in [0.3, 0.4) is 0 Å². The fourth-order valence-corrected chi connectivity index (χ4v) is 2.46. The molecule has 3 N–H and O–H groups in total. The molecule has 0 saturated heterocycles. The molecule has 0 spiro atoms. The van der Waals surface area contributed by atoms with E-state index in [1.165, 1.54) is 19.3 Å². The van der Waals surface area contributed by atoms with Gasteiger partial charge < -0.3 is 15.8 Å². The van der Waals surface area contributed by atoms with Gasteiger partial charge in [0.1, 0.15) is 5.75 Å². The molecular weight excluding hydrogens is 254 g/mol. The van der Waals surface area contributed by atoms with Crippen molar-refractivity contribution < 1.29 is 9.53 Å². The molecule has 1 aliphatic rings. The van der Waals surface area contributed by atoms with E-state index >= 15 is 0 Å². The fourth-order valence-electron chi connectivity index (χ4n) is 2.46. The Labute approximate surface area is 119 Å². The van der Waals surface area contributed by atoms with Crippen molar-refractivity contribution in [3.05, 3.63) is 24.0 Å². The van der Waals surface area contributed by atoms with Crippen molar-refractivity contribution in [2.75, 3.05) is 13.2 Å². The Morgan fingerprint density at radius 1 is 1.35 bits per heavy atom. The number of ether oxygens (including phenoxy) is 1. The first-order valence-electron chi connectivity index (χ1n) is 7.35. The number of nitrogens with two attached hydrogens (primary N) is 1. The predicted octanol–water partition coefficient (Wildman–Crippen LogP) is 1.41. The topological polar surface area (TPSA) is 77.2 Å². The highest BCUT2D eigenvalue weighted by Crippen LogP contribution is 2.17. The molecule has 110 valence electrons. The van der Waals surface area contributed by atoms with Gasteiger partial charge in [-0.3, -0.25) is 9.78 Å². The van der Waals surface area contributed by atoms with Crippen LogP contribution in [0.1, 0.15) is 37.8 Å². The number of amides is 1. The molecule has 5 nitrogen and oxygen atoms in total. The molecule has 1 amide bonds. The number of nitrogens with one attached hydrogen (secondary N) is 1.